The fraction of sp³-hybridized carbons (Fsp3) is 0.261. The van der Waals surface area contributed by atoms with E-state index in [0.717, 1.165) is 0 Å². The number of nitrogens with zero attached hydrogens (tertiary/aromatic N) is 2. The van der Waals surface area contributed by atoms with Crippen LogP contribution in [0.3, 0.4) is 0 Å². The first kappa shape index (κ1) is 22.8. The average Bonchev–Trinajstić information content (AvgIpc) is 3.24. The van der Waals surface area contributed by atoms with Gasteiger partial charge in [-0.25, -0.2) is 14.5 Å². The number of urea groups is 1. The largest absolute Gasteiger partial charge is 0.457 e. The highest BCUT2D eigenvalue weighted by atomic mass is 17.2. The number of benzene rings is 2. The SMILES string of the molecule is CCOOC(=O)c1ccc(Oc2ccc(N(C(N)=O)c3cc(C(C)(C)C)on3)cc2)cc1. The van der Waals surface area contributed by atoms with Gasteiger partial charge in [-0.15, -0.1) is 0 Å². The van der Waals surface area contributed by atoms with E-state index in [0.29, 0.717) is 34.3 Å². The molecule has 0 bridgehead atoms. The fourth-order valence-corrected chi connectivity index (χ4v) is 2.72. The van der Waals surface area contributed by atoms with Gasteiger partial charge >= 0.3 is 12.0 Å². The quantitative estimate of drug-likeness (QED) is 0.402. The minimum absolute atomic E-state index is 0.262. The second-order valence-electron chi connectivity index (χ2n) is 7.87. The van der Waals surface area contributed by atoms with Crippen LogP contribution in [0.1, 0.15) is 43.8 Å². The lowest BCUT2D eigenvalue weighted by Crippen LogP contribution is -2.31. The Balaban J connectivity index is 1.72. The third kappa shape index (κ3) is 5.44. The highest BCUT2D eigenvalue weighted by Gasteiger charge is 2.24. The van der Waals surface area contributed by atoms with E-state index in [2.05, 4.69) is 14.9 Å². The Morgan fingerprint density at radius 2 is 1.62 bits per heavy atom. The lowest BCUT2D eigenvalue weighted by Gasteiger charge is -2.17. The molecule has 0 spiro atoms. The van der Waals surface area contributed by atoms with Gasteiger partial charge in [0.25, 0.3) is 0 Å². The monoisotopic (exact) mass is 439 g/mol. The van der Waals surface area contributed by atoms with Crippen LogP contribution in [-0.4, -0.2) is 23.8 Å². The molecule has 2 aromatic carbocycles. The number of carbonyl (C=O) groups excluding carboxylic acids is 2. The van der Waals surface area contributed by atoms with Crippen molar-refractivity contribution in [3.05, 3.63) is 65.9 Å². The number of anilines is 2. The van der Waals surface area contributed by atoms with Crippen molar-refractivity contribution >= 4 is 23.5 Å². The van der Waals surface area contributed by atoms with Gasteiger partial charge in [0.05, 0.1) is 17.9 Å². The number of carbonyl (C=O) groups is 2. The first-order valence-electron chi connectivity index (χ1n) is 9.97. The van der Waals surface area contributed by atoms with Gasteiger partial charge in [-0.2, -0.15) is 4.89 Å². The van der Waals surface area contributed by atoms with Crippen molar-refractivity contribution in [1.29, 1.82) is 0 Å². The van der Waals surface area contributed by atoms with Crippen molar-refractivity contribution in [1.82, 2.24) is 5.16 Å². The lowest BCUT2D eigenvalue weighted by atomic mass is 9.93. The second kappa shape index (κ2) is 9.52. The summed E-state index contributed by atoms with van der Waals surface area (Å²) in [6.07, 6.45) is 0. The molecule has 9 nitrogen and oxygen atoms in total. The molecule has 0 unspecified atom stereocenters. The topological polar surface area (TPSA) is 117 Å². The molecule has 168 valence electrons. The number of hydrogen-bond acceptors (Lipinski definition) is 7. The molecule has 32 heavy (non-hydrogen) atoms. The molecule has 0 aliphatic rings. The summed E-state index contributed by atoms with van der Waals surface area (Å²) in [6.45, 7) is 7.92. The van der Waals surface area contributed by atoms with Crippen LogP contribution in [0.4, 0.5) is 16.3 Å². The zero-order valence-electron chi connectivity index (χ0n) is 18.3. The van der Waals surface area contributed by atoms with Crippen molar-refractivity contribution < 1.29 is 28.6 Å². The van der Waals surface area contributed by atoms with Crippen molar-refractivity contribution in [3.63, 3.8) is 0 Å². The first-order chi connectivity index (χ1) is 15.2. The van der Waals surface area contributed by atoms with Crippen LogP contribution in [0.25, 0.3) is 0 Å². The minimum atomic E-state index is -0.693. The van der Waals surface area contributed by atoms with E-state index in [1.54, 1.807) is 61.5 Å². The Morgan fingerprint density at radius 3 is 2.12 bits per heavy atom. The summed E-state index contributed by atoms with van der Waals surface area (Å²) in [5, 5.41) is 3.98. The van der Waals surface area contributed by atoms with E-state index < -0.39 is 12.0 Å². The summed E-state index contributed by atoms with van der Waals surface area (Å²) in [4.78, 5) is 34.3. The highest BCUT2D eigenvalue weighted by molar-refractivity contribution is 5.97. The molecule has 0 aliphatic heterocycles. The van der Waals surface area contributed by atoms with Gasteiger partial charge in [0, 0.05) is 11.5 Å². The maximum absolute atomic E-state index is 12.1. The third-order valence-electron chi connectivity index (χ3n) is 4.36. The summed E-state index contributed by atoms with van der Waals surface area (Å²) >= 11 is 0. The highest BCUT2D eigenvalue weighted by Crippen LogP contribution is 2.31. The van der Waals surface area contributed by atoms with Crippen LogP contribution in [0.2, 0.25) is 0 Å². The summed E-state index contributed by atoms with van der Waals surface area (Å²) in [6, 6.07) is 14.1. The maximum Gasteiger partial charge on any atom is 0.373 e. The van der Waals surface area contributed by atoms with Crippen LogP contribution < -0.4 is 15.4 Å². The third-order valence-corrected chi connectivity index (χ3v) is 4.36. The Kier molecular flexibility index (Phi) is 6.79. The molecule has 1 aromatic heterocycles. The minimum Gasteiger partial charge on any atom is -0.457 e. The van der Waals surface area contributed by atoms with Crippen molar-refractivity contribution in [3.8, 4) is 11.5 Å². The molecule has 1 heterocycles. The molecular weight excluding hydrogens is 414 g/mol. The number of rotatable bonds is 7. The average molecular weight is 439 g/mol. The van der Waals surface area contributed by atoms with Crippen molar-refractivity contribution in [2.24, 2.45) is 5.73 Å². The van der Waals surface area contributed by atoms with Gasteiger partial charge in [-0.1, -0.05) is 25.9 Å². The first-order valence-corrected chi connectivity index (χ1v) is 9.97. The number of ether oxygens (including phenoxy) is 1. The fourth-order valence-electron chi connectivity index (χ4n) is 2.72. The molecule has 0 aliphatic carbocycles. The van der Waals surface area contributed by atoms with Crippen molar-refractivity contribution in [2.45, 2.75) is 33.1 Å². The van der Waals surface area contributed by atoms with Crippen LogP contribution in [0, 0.1) is 0 Å². The van der Waals surface area contributed by atoms with E-state index in [-0.39, 0.29) is 12.0 Å². The molecule has 2 N–H and O–H groups in total. The maximum atomic E-state index is 12.1. The Hall–Kier alpha value is -3.85. The van der Waals surface area contributed by atoms with Gasteiger partial charge < -0.3 is 15.0 Å². The van der Waals surface area contributed by atoms with E-state index in [9.17, 15) is 9.59 Å². The predicted octanol–water partition coefficient (Wildman–Crippen LogP) is 5.09. The molecular formula is C23H25N3O6. The summed E-state index contributed by atoms with van der Waals surface area (Å²) < 4.78 is 11.2. The number of aromatic nitrogens is 1. The predicted molar refractivity (Wildman–Crippen MR) is 117 cm³/mol. The zero-order valence-corrected chi connectivity index (χ0v) is 18.3. The van der Waals surface area contributed by atoms with Crippen LogP contribution >= 0.6 is 0 Å². The summed E-state index contributed by atoms with van der Waals surface area (Å²) in [7, 11) is 0. The Labute approximate surface area is 185 Å². The van der Waals surface area contributed by atoms with Gasteiger partial charge in [0.15, 0.2) is 5.82 Å². The number of amides is 2. The van der Waals surface area contributed by atoms with E-state index in [1.165, 1.54) is 4.90 Å². The normalized spacial score (nSPS) is 11.1. The number of hydrogen-bond donors (Lipinski definition) is 1. The van der Waals surface area contributed by atoms with E-state index in [1.807, 2.05) is 20.8 Å². The van der Waals surface area contributed by atoms with Crippen LogP contribution in [0.5, 0.6) is 11.5 Å². The molecule has 0 saturated carbocycles. The lowest BCUT2D eigenvalue weighted by molar-refractivity contribution is -0.236. The van der Waals surface area contributed by atoms with E-state index >= 15 is 0 Å². The molecule has 0 saturated heterocycles. The van der Waals surface area contributed by atoms with Crippen LogP contribution in [0.15, 0.2) is 59.1 Å². The van der Waals surface area contributed by atoms with Gasteiger partial charge in [0.1, 0.15) is 17.3 Å². The molecule has 2 amide bonds. The zero-order chi connectivity index (χ0) is 23.3. The molecule has 0 atom stereocenters. The standard InChI is InChI=1S/C23H25N3O6/c1-5-29-32-21(27)15-6-10-17(11-7-15)30-18-12-8-16(9-13-18)26(22(24)28)20-14-19(31-25-20)23(2,3)4/h6-14H,5H2,1-4H3,(H2,24,28). The molecule has 0 fully saturated rings. The smallest absolute Gasteiger partial charge is 0.373 e. The van der Waals surface area contributed by atoms with Gasteiger partial charge in [-0.05, 0) is 55.5 Å². The molecule has 3 aromatic rings. The van der Waals surface area contributed by atoms with Gasteiger partial charge in [-0.3, -0.25) is 4.89 Å². The van der Waals surface area contributed by atoms with Crippen molar-refractivity contribution in [2.75, 3.05) is 11.5 Å². The second-order valence-corrected chi connectivity index (χ2v) is 7.87. The summed E-state index contributed by atoms with van der Waals surface area (Å²) in [5.74, 6) is 1.39. The van der Waals surface area contributed by atoms with E-state index in [4.69, 9.17) is 15.0 Å². The van der Waals surface area contributed by atoms with Crippen LogP contribution in [-0.2, 0) is 15.2 Å². The Bertz CT molecular complexity index is 1070. The number of primary amides is 1. The molecule has 0 radical (unpaired) electrons. The number of nitrogens with two attached hydrogens (primary N) is 1. The molecule has 9 heteroatoms. The summed E-state index contributed by atoms with van der Waals surface area (Å²) in [5.41, 5.74) is 6.16. The molecule has 3 rings (SSSR count). The Morgan fingerprint density at radius 1 is 1.03 bits per heavy atom. The van der Waals surface area contributed by atoms with Gasteiger partial charge in [0.2, 0.25) is 0 Å².